The maximum absolute atomic E-state index is 13.0. The summed E-state index contributed by atoms with van der Waals surface area (Å²) in [4.78, 5) is 61.5. The monoisotopic (exact) mass is 524 g/mol. The summed E-state index contributed by atoms with van der Waals surface area (Å²) in [5.41, 5.74) is 6.55. The first-order valence-corrected chi connectivity index (χ1v) is 13.0. The van der Waals surface area contributed by atoms with Crippen molar-refractivity contribution in [1.82, 2.24) is 16.0 Å². The molecule has 1 aromatic carbocycles. The lowest BCUT2D eigenvalue weighted by atomic mass is 10.0. The maximum Gasteiger partial charge on any atom is 0.326 e. The smallest absolute Gasteiger partial charge is 0.326 e. The molecule has 3 amide bonds. The minimum Gasteiger partial charge on any atom is -0.481 e. The third-order valence-electron chi connectivity index (χ3n) is 5.21. The lowest BCUT2D eigenvalue weighted by Gasteiger charge is -2.25. The van der Waals surface area contributed by atoms with Crippen LogP contribution in [0.25, 0.3) is 0 Å². The van der Waals surface area contributed by atoms with Crippen LogP contribution in [-0.2, 0) is 30.4 Å². The molecule has 0 aromatic heterocycles. The van der Waals surface area contributed by atoms with Crippen LogP contribution in [0.4, 0.5) is 0 Å². The van der Waals surface area contributed by atoms with Crippen molar-refractivity contribution in [3.05, 3.63) is 35.9 Å². The summed E-state index contributed by atoms with van der Waals surface area (Å²) in [6, 6.07) is 3.93. The van der Waals surface area contributed by atoms with Crippen LogP contribution in [0.1, 0.15) is 38.7 Å². The second-order valence-corrected chi connectivity index (χ2v) is 9.81. The average Bonchev–Trinajstić information content (AvgIpc) is 2.80. The Kier molecular flexibility index (Phi) is 13.6. The van der Waals surface area contributed by atoms with Crippen LogP contribution in [0.15, 0.2) is 30.3 Å². The van der Waals surface area contributed by atoms with Gasteiger partial charge in [0.25, 0.3) is 0 Å². The molecule has 0 aliphatic rings. The molecule has 4 atom stereocenters. The molecule has 12 heteroatoms. The van der Waals surface area contributed by atoms with Crippen molar-refractivity contribution in [3.8, 4) is 0 Å². The van der Waals surface area contributed by atoms with E-state index in [-0.39, 0.29) is 18.8 Å². The fourth-order valence-corrected chi connectivity index (χ4v) is 3.85. The average molecular weight is 525 g/mol. The van der Waals surface area contributed by atoms with Crippen molar-refractivity contribution in [3.63, 3.8) is 0 Å². The van der Waals surface area contributed by atoms with Crippen LogP contribution in [0, 0.1) is 5.92 Å². The second-order valence-electron chi connectivity index (χ2n) is 8.83. The Morgan fingerprint density at radius 2 is 1.44 bits per heavy atom. The first-order chi connectivity index (χ1) is 16.9. The quantitative estimate of drug-likeness (QED) is 0.177. The number of nitrogens with one attached hydrogen (secondary N) is 3. The predicted octanol–water partition coefficient (Wildman–Crippen LogP) is 0.369. The number of carbonyl (C=O) groups excluding carboxylic acids is 3. The van der Waals surface area contributed by atoms with Crippen molar-refractivity contribution in [2.24, 2.45) is 11.7 Å². The number of carbonyl (C=O) groups is 5. The zero-order chi connectivity index (χ0) is 27.3. The van der Waals surface area contributed by atoms with Gasteiger partial charge in [0, 0.05) is 6.42 Å². The number of carboxylic acids is 2. The highest BCUT2D eigenvalue weighted by Gasteiger charge is 2.31. The summed E-state index contributed by atoms with van der Waals surface area (Å²) in [6.45, 7) is 3.73. The summed E-state index contributed by atoms with van der Waals surface area (Å²) in [5, 5.41) is 26.0. The van der Waals surface area contributed by atoms with Gasteiger partial charge in [0.15, 0.2) is 0 Å². The molecule has 0 heterocycles. The molecule has 0 saturated heterocycles. The molecule has 0 aliphatic carbocycles. The van der Waals surface area contributed by atoms with Crippen LogP contribution in [0.5, 0.6) is 0 Å². The number of hydrogen-bond acceptors (Lipinski definition) is 7. The van der Waals surface area contributed by atoms with Gasteiger partial charge in [-0.3, -0.25) is 19.2 Å². The Labute approximate surface area is 215 Å². The first kappa shape index (κ1) is 30.9. The minimum absolute atomic E-state index is 0.0217. The van der Waals surface area contributed by atoms with E-state index in [1.54, 1.807) is 30.3 Å². The van der Waals surface area contributed by atoms with Crippen LogP contribution >= 0.6 is 11.8 Å². The molecule has 1 aromatic rings. The molecular formula is C24H36N4O7S. The summed E-state index contributed by atoms with van der Waals surface area (Å²) < 4.78 is 0. The molecule has 0 fully saturated rings. The molecule has 0 radical (unpaired) electrons. The van der Waals surface area contributed by atoms with Crippen LogP contribution in [0.2, 0.25) is 0 Å². The van der Waals surface area contributed by atoms with Crippen molar-refractivity contribution in [2.45, 2.75) is 63.7 Å². The fraction of sp³-hybridized carbons (Fsp3) is 0.542. The number of carboxylic acid groups (broad SMARTS) is 2. The summed E-state index contributed by atoms with van der Waals surface area (Å²) in [7, 11) is 0. The summed E-state index contributed by atoms with van der Waals surface area (Å²) in [5.74, 6) is -4.26. The van der Waals surface area contributed by atoms with Crippen molar-refractivity contribution >= 4 is 41.4 Å². The highest BCUT2D eigenvalue weighted by atomic mass is 32.2. The number of benzene rings is 1. The summed E-state index contributed by atoms with van der Waals surface area (Å²) >= 11 is 1.43. The van der Waals surface area contributed by atoms with Crippen LogP contribution in [0.3, 0.4) is 0 Å². The van der Waals surface area contributed by atoms with E-state index < -0.39 is 60.2 Å². The number of amides is 3. The van der Waals surface area contributed by atoms with Crippen LogP contribution in [-0.4, -0.2) is 76.0 Å². The summed E-state index contributed by atoms with van der Waals surface area (Å²) in [6.07, 6.45) is 1.62. The van der Waals surface area contributed by atoms with Crippen molar-refractivity contribution < 1.29 is 34.2 Å². The van der Waals surface area contributed by atoms with E-state index in [4.69, 9.17) is 5.73 Å². The van der Waals surface area contributed by atoms with Crippen molar-refractivity contribution in [1.29, 1.82) is 0 Å². The number of rotatable bonds is 16. The van der Waals surface area contributed by atoms with Gasteiger partial charge in [-0.1, -0.05) is 44.2 Å². The number of nitrogens with two attached hydrogens (primary N) is 1. The van der Waals surface area contributed by atoms with E-state index in [1.165, 1.54) is 11.8 Å². The van der Waals surface area contributed by atoms with E-state index in [0.29, 0.717) is 17.7 Å². The molecule has 200 valence electrons. The van der Waals surface area contributed by atoms with Gasteiger partial charge in [0.2, 0.25) is 17.7 Å². The SMILES string of the molecule is CSCCC(NC(=O)C(Cc1ccccc1)NC(=O)C(CC(=O)O)NC(=O)C(N)CC(C)C)C(=O)O. The standard InChI is InChI=1S/C24H36N4O7S/c1-14(2)11-16(25)21(31)27-19(13-20(29)30)23(33)28-18(12-15-7-5-4-6-8-15)22(32)26-17(24(34)35)9-10-36-3/h4-8,14,16-19H,9-13,25H2,1-3H3,(H,26,32)(H,27,31)(H,28,33)(H,29,30)(H,34,35). The Morgan fingerprint density at radius 3 is 1.97 bits per heavy atom. The minimum atomic E-state index is -1.48. The Balaban J connectivity index is 3.10. The molecule has 11 nitrogen and oxygen atoms in total. The van der Waals surface area contributed by atoms with E-state index in [1.807, 2.05) is 20.1 Å². The fourth-order valence-electron chi connectivity index (χ4n) is 3.37. The largest absolute Gasteiger partial charge is 0.481 e. The topological polar surface area (TPSA) is 188 Å². The maximum atomic E-state index is 13.0. The predicted molar refractivity (Wildman–Crippen MR) is 136 cm³/mol. The molecule has 0 saturated carbocycles. The van der Waals surface area contributed by atoms with Crippen molar-refractivity contribution in [2.75, 3.05) is 12.0 Å². The Bertz CT molecular complexity index is 898. The molecular weight excluding hydrogens is 488 g/mol. The third-order valence-corrected chi connectivity index (χ3v) is 5.86. The number of hydrogen-bond donors (Lipinski definition) is 6. The Hall–Kier alpha value is -3.12. The van der Waals surface area contributed by atoms with Gasteiger partial charge < -0.3 is 31.9 Å². The molecule has 36 heavy (non-hydrogen) atoms. The third kappa shape index (κ3) is 11.5. The zero-order valence-electron chi connectivity index (χ0n) is 20.7. The molecule has 0 bridgehead atoms. The van der Waals surface area contributed by atoms with Crippen LogP contribution < -0.4 is 21.7 Å². The molecule has 7 N–H and O–H groups in total. The van der Waals surface area contributed by atoms with Gasteiger partial charge >= 0.3 is 11.9 Å². The van der Waals surface area contributed by atoms with Gasteiger partial charge in [0.05, 0.1) is 12.5 Å². The van der Waals surface area contributed by atoms with Gasteiger partial charge in [-0.25, -0.2) is 4.79 Å². The van der Waals surface area contributed by atoms with Gasteiger partial charge in [-0.15, -0.1) is 0 Å². The van der Waals surface area contributed by atoms with E-state index in [9.17, 15) is 34.2 Å². The van der Waals surface area contributed by atoms with Gasteiger partial charge in [-0.05, 0) is 36.3 Å². The van der Waals surface area contributed by atoms with E-state index in [0.717, 1.165) is 0 Å². The lowest BCUT2D eigenvalue weighted by Crippen LogP contribution is -2.58. The zero-order valence-corrected chi connectivity index (χ0v) is 21.5. The number of thioether (sulfide) groups is 1. The number of aliphatic carboxylic acids is 2. The normalized spacial score (nSPS) is 14.2. The molecule has 0 spiro atoms. The first-order valence-electron chi connectivity index (χ1n) is 11.6. The van der Waals surface area contributed by atoms with E-state index >= 15 is 0 Å². The Morgan fingerprint density at radius 1 is 0.889 bits per heavy atom. The van der Waals surface area contributed by atoms with Gasteiger partial charge in [0.1, 0.15) is 18.1 Å². The highest BCUT2D eigenvalue weighted by Crippen LogP contribution is 2.08. The lowest BCUT2D eigenvalue weighted by molar-refractivity contribution is -0.143. The highest BCUT2D eigenvalue weighted by molar-refractivity contribution is 7.98. The van der Waals surface area contributed by atoms with E-state index in [2.05, 4.69) is 16.0 Å². The molecule has 0 aliphatic heterocycles. The second kappa shape index (κ2) is 15.8. The molecule has 1 rings (SSSR count). The van der Waals surface area contributed by atoms with Gasteiger partial charge in [-0.2, -0.15) is 11.8 Å². The molecule has 4 unspecified atom stereocenters.